The molecule has 7 heteroatoms. The average molecular weight is 425 g/mol. The van der Waals surface area contributed by atoms with Crippen LogP contribution in [0.15, 0.2) is 48.5 Å². The lowest BCUT2D eigenvalue weighted by Gasteiger charge is -2.33. The highest BCUT2D eigenvalue weighted by atomic mass is 32.1. The van der Waals surface area contributed by atoms with Crippen molar-refractivity contribution >= 4 is 33.2 Å². The maximum Gasteiger partial charge on any atom is 0.259 e. The van der Waals surface area contributed by atoms with Gasteiger partial charge in [0.25, 0.3) is 5.91 Å². The number of primary amides is 1. The monoisotopic (exact) mass is 424 g/mol. The number of rotatable bonds is 6. The molecule has 30 heavy (non-hydrogen) atoms. The van der Waals surface area contributed by atoms with E-state index in [2.05, 4.69) is 0 Å². The number of methoxy groups -OCH3 is 1. The number of benzene rings is 2. The predicted molar refractivity (Wildman–Crippen MR) is 117 cm³/mol. The molecule has 6 nitrogen and oxygen atoms in total. The number of fused-ring (bicyclic) bond motifs is 1. The van der Waals surface area contributed by atoms with Crippen LogP contribution in [0, 0.1) is 0 Å². The second-order valence-corrected chi connectivity index (χ2v) is 8.30. The number of carbonyl (C=O) groups excluding carboxylic acids is 2. The molecular formula is C23H24N2O4S. The van der Waals surface area contributed by atoms with Crippen molar-refractivity contribution in [3.05, 3.63) is 64.5 Å². The molecule has 2 aromatic carbocycles. The van der Waals surface area contributed by atoms with E-state index in [1.54, 1.807) is 7.11 Å². The quantitative estimate of drug-likeness (QED) is 0.656. The third kappa shape index (κ3) is 4.17. The van der Waals surface area contributed by atoms with Crippen molar-refractivity contribution in [2.75, 3.05) is 26.8 Å². The summed E-state index contributed by atoms with van der Waals surface area (Å²) in [6, 6.07) is 15.6. The maximum absolute atomic E-state index is 12.8. The largest absolute Gasteiger partial charge is 0.497 e. The molecule has 1 aromatic heterocycles. The minimum atomic E-state index is -0.460. The van der Waals surface area contributed by atoms with E-state index < -0.39 is 5.91 Å². The van der Waals surface area contributed by atoms with Crippen LogP contribution in [0.1, 0.15) is 33.3 Å². The van der Waals surface area contributed by atoms with Gasteiger partial charge in [0.1, 0.15) is 11.9 Å². The van der Waals surface area contributed by atoms with E-state index in [-0.39, 0.29) is 12.0 Å². The molecule has 2 heterocycles. The highest BCUT2D eigenvalue weighted by molar-refractivity contribution is 7.21. The summed E-state index contributed by atoms with van der Waals surface area (Å²) in [4.78, 5) is 27.2. The Hall–Kier alpha value is -2.90. The van der Waals surface area contributed by atoms with Crippen LogP contribution < -0.4 is 10.5 Å². The first-order valence-electron chi connectivity index (χ1n) is 9.90. The fourth-order valence-electron chi connectivity index (χ4n) is 3.82. The van der Waals surface area contributed by atoms with Crippen molar-refractivity contribution in [3.63, 3.8) is 0 Å². The zero-order chi connectivity index (χ0) is 21.1. The van der Waals surface area contributed by atoms with Gasteiger partial charge in [0.05, 0.1) is 25.1 Å². The number of nitrogens with two attached hydrogens (primary N) is 1. The molecule has 2 amide bonds. The zero-order valence-corrected chi connectivity index (χ0v) is 17.6. The molecule has 1 unspecified atom stereocenters. The Bertz CT molecular complexity index is 1060. The normalized spacial score (nSPS) is 16.6. The number of morpholine rings is 1. The lowest BCUT2D eigenvalue weighted by molar-refractivity contribution is -0.138. The van der Waals surface area contributed by atoms with E-state index >= 15 is 0 Å². The number of aryl methyl sites for hydroxylation is 1. The molecule has 0 saturated carbocycles. The van der Waals surface area contributed by atoms with Crippen LogP contribution in [0.4, 0.5) is 0 Å². The smallest absolute Gasteiger partial charge is 0.259 e. The van der Waals surface area contributed by atoms with E-state index in [4.69, 9.17) is 15.2 Å². The molecule has 1 fully saturated rings. The Balaban J connectivity index is 1.48. The minimum absolute atomic E-state index is 0.0827. The van der Waals surface area contributed by atoms with E-state index in [1.165, 1.54) is 11.3 Å². The number of thiophene rings is 1. The molecule has 0 spiro atoms. The molecule has 1 atom stereocenters. The molecule has 4 rings (SSSR count). The van der Waals surface area contributed by atoms with Crippen LogP contribution in [0.2, 0.25) is 0 Å². The lowest BCUT2D eigenvalue weighted by Crippen LogP contribution is -2.42. The van der Waals surface area contributed by atoms with Gasteiger partial charge in [-0.2, -0.15) is 0 Å². The van der Waals surface area contributed by atoms with E-state index in [9.17, 15) is 9.59 Å². The highest BCUT2D eigenvalue weighted by Gasteiger charge is 2.30. The van der Waals surface area contributed by atoms with Crippen molar-refractivity contribution < 1.29 is 19.1 Å². The predicted octanol–water partition coefficient (Wildman–Crippen LogP) is 3.54. The van der Waals surface area contributed by atoms with Crippen LogP contribution in [-0.2, 0) is 16.0 Å². The van der Waals surface area contributed by atoms with Crippen molar-refractivity contribution in [1.82, 2.24) is 4.90 Å². The Labute approximate surface area is 179 Å². The fourth-order valence-corrected chi connectivity index (χ4v) is 4.93. The zero-order valence-electron chi connectivity index (χ0n) is 16.8. The van der Waals surface area contributed by atoms with Gasteiger partial charge in [-0.1, -0.05) is 30.3 Å². The number of nitrogens with zero attached hydrogens (tertiary/aromatic N) is 1. The van der Waals surface area contributed by atoms with E-state index in [0.29, 0.717) is 37.4 Å². The van der Waals surface area contributed by atoms with Gasteiger partial charge in [-0.15, -0.1) is 11.3 Å². The summed E-state index contributed by atoms with van der Waals surface area (Å²) in [5, 5.41) is 0.967. The van der Waals surface area contributed by atoms with Crippen LogP contribution in [0.25, 0.3) is 10.1 Å². The van der Waals surface area contributed by atoms with Crippen LogP contribution in [-0.4, -0.2) is 43.5 Å². The van der Waals surface area contributed by atoms with Gasteiger partial charge in [-0.25, -0.2) is 0 Å². The summed E-state index contributed by atoms with van der Waals surface area (Å²) in [6.45, 7) is 1.40. The van der Waals surface area contributed by atoms with Gasteiger partial charge in [-0.05, 0) is 35.6 Å². The summed E-state index contributed by atoms with van der Waals surface area (Å²) in [6.07, 6.45) is 0.729. The highest BCUT2D eigenvalue weighted by Crippen LogP contribution is 2.38. The van der Waals surface area contributed by atoms with Crippen LogP contribution in [0.3, 0.4) is 0 Å². The molecule has 1 aliphatic heterocycles. The van der Waals surface area contributed by atoms with Gasteiger partial charge >= 0.3 is 0 Å². The Morgan fingerprint density at radius 3 is 2.70 bits per heavy atom. The van der Waals surface area contributed by atoms with Gasteiger partial charge in [0.15, 0.2) is 0 Å². The topological polar surface area (TPSA) is 81.9 Å². The minimum Gasteiger partial charge on any atom is -0.497 e. The molecular weight excluding hydrogens is 400 g/mol. The molecule has 2 N–H and O–H groups in total. The lowest BCUT2D eigenvalue weighted by atomic mass is 10.0. The van der Waals surface area contributed by atoms with E-state index in [1.807, 2.05) is 53.4 Å². The molecule has 0 bridgehead atoms. The third-order valence-electron chi connectivity index (χ3n) is 5.39. The third-order valence-corrected chi connectivity index (χ3v) is 6.59. The molecule has 0 radical (unpaired) electrons. The van der Waals surface area contributed by atoms with Gasteiger partial charge in [-0.3, -0.25) is 9.59 Å². The summed E-state index contributed by atoms with van der Waals surface area (Å²) >= 11 is 1.38. The van der Waals surface area contributed by atoms with Crippen LogP contribution >= 0.6 is 11.3 Å². The average Bonchev–Trinajstić information content (AvgIpc) is 3.18. The van der Waals surface area contributed by atoms with E-state index in [0.717, 1.165) is 27.0 Å². The van der Waals surface area contributed by atoms with Crippen molar-refractivity contribution in [2.24, 2.45) is 5.73 Å². The first-order valence-corrected chi connectivity index (χ1v) is 10.7. The summed E-state index contributed by atoms with van der Waals surface area (Å²) in [5.74, 6) is 0.423. The summed E-state index contributed by atoms with van der Waals surface area (Å²) in [7, 11) is 1.63. The molecule has 156 valence electrons. The number of ether oxygens (including phenoxy) is 2. The summed E-state index contributed by atoms with van der Waals surface area (Å²) < 4.78 is 12.1. The molecule has 1 aliphatic rings. The van der Waals surface area contributed by atoms with Crippen LogP contribution in [0.5, 0.6) is 5.75 Å². The second-order valence-electron chi connectivity index (χ2n) is 7.25. The van der Waals surface area contributed by atoms with Gasteiger partial charge in [0.2, 0.25) is 5.91 Å². The number of amides is 2. The second kappa shape index (κ2) is 8.85. The van der Waals surface area contributed by atoms with Crippen molar-refractivity contribution in [1.29, 1.82) is 0 Å². The van der Waals surface area contributed by atoms with Crippen molar-refractivity contribution in [2.45, 2.75) is 18.9 Å². The first kappa shape index (κ1) is 20.4. The van der Waals surface area contributed by atoms with Crippen molar-refractivity contribution in [3.8, 4) is 5.75 Å². The van der Waals surface area contributed by atoms with Gasteiger partial charge in [0, 0.05) is 23.2 Å². The Morgan fingerprint density at radius 2 is 1.97 bits per heavy atom. The Kier molecular flexibility index (Phi) is 6.01. The number of hydrogen-bond donors (Lipinski definition) is 1. The maximum atomic E-state index is 12.8. The molecule has 1 saturated heterocycles. The number of carbonyl (C=O) groups is 2. The summed E-state index contributed by atoms with van der Waals surface area (Å²) in [5.41, 5.74) is 7.53. The standard InChI is InChI=1S/C23H24N2O4S/c1-28-16-9-6-15(7-10-16)8-11-20(26)25-12-13-29-18(14-25)21-17-4-2-3-5-19(17)30-22(21)23(24)27/h2-7,9-10,18H,8,11-14H2,1H3,(H2,24,27). The SMILES string of the molecule is COc1ccc(CCC(=O)N2CCOC(c3c(C(N)=O)sc4ccccc34)C2)cc1. The Morgan fingerprint density at radius 1 is 1.20 bits per heavy atom. The number of hydrogen-bond acceptors (Lipinski definition) is 5. The van der Waals surface area contributed by atoms with Gasteiger partial charge < -0.3 is 20.1 Å². The molecule has 3 aromatic rings. The fraction of sp³-hybridized carbons (Fsp3) is 0.304. The first-order chi connectivity index (χ1) is 14.6. The molecule has 0 aliphatic carbocycles.